The monoisotopic (exact) mass is 403 g/mol. The van der Waals surface area contributed by atoms with Crippen LogP contribution in [0.1, 0.15) is 42.6 Å². The number of hydrogen-bond acceptors (Lipinski definition) is 5. The molecular formula is C22H26ClNO4. The third kappa shape index (κ3) is 5.47. The Balaban J connectivity index is 1.76. The van der Waals surface area contributed by atoms with E-state index in [9.17, 15) is 5.11 Å². The van der Waals surface area contributed by atoms with Gasteiger partial charge in [-0.3, -0.25) is 0 Å². The topological polar surface area (TPSA) is 60.3 Å². The van der Waals surface area contributed by atoms with Crippen LogP contribution in [0.4, 0.5) is 0 Å². The lowest BCUT2D eigenvalue weighted by Gasteiger charge is -2.31. The van der Waals surface area contributed by atoms with Crippen LogP contribution in [-0.4, -0.2) is 37.2 Å². The van der Waals surface area contributed by atoms with Gasteiger partial charge in [-0.05, 0) is 48.2 Å². The Morgan fingerprint density at radius 1 is 1.21 bits per heavy atom. The first-order chi connectivity index (χ1) is 13.6. The lowest BCUT2D eigenvalue weighted by molar-refractivity contribution is -0.0688. The van der Waals surface area contributed by atoms with E-state index >= 15 is 0 Å². The van der Waals surface area contributed by atoms with Crippen molar-refractivity contribution >= 4 is 17.8 Å². The molecule has 1 heterocycles. The Kier molecular flexibility index (Phi) is 7.31. The van der Waals surface area contributed by atoms with E-state index in [2.05, 4.69) is 11.2 Å². The van der Waals surface area contributed by atoms with Crippen molar-refractivity contribution in [1.82, 2.24) is 0 Å². The zero-order valence-corrected chi connectivity index (χ0v) is 16.9. The maximum atomic E-state index is 10.2. The molecule has 28 heavy (non-hydrogen) atoms. The van der Waals surface area contributed by atoms with Gasteiger partial charge in [0.2, 0.25) is 0 Å². The Hall–Kier alpha value is -2.08. The largest absolute Gasteiger partial charge is 0.494 e. The van der Waals surface area contributed by atoms with Gasteiger partial charge in [0.1, 0.15) is 12.9 Å². The molecule has 0 radical (unpaired) electrons. The first-order valence-corrected chi connectivity index (χ1v) is 9.87. The number of aliphatic hydroxyl groups is 1. The van der Waals surface area contributed by atoms with Gasteiger partial charge in [0, 0.05) is 17.9 Å². The molecule has 0 spiro atoms. The number of nitrogens with zero attached hydrogens (tertiary/aromatic N) is 1. The molecule has 3 atom stereocenters. The molecule has 1 aliphatic heterocycles. The van der Waals surface area contributed by atoms with Crippen LogP contribution in [0.5, 0.6) is 5.75 Å². The third-order valence-electron chi connectivity index (χ3n) is 4.73. The van der Waals surface area contributed by atoms with Gasteiger partial charge in [0.25, 0.3) is 0 Å². The van der Waals surface area contributed by atoms with Gasteiger partial charge in [-0.25, -0.2) is 0 Å². The van der Waals surface area contributed by atoms with Crippen molar-refractivity contribution in [2.75, 3.05) is 13.7 Å². The molecule has 1 saturated heterocycles. The van der Waals surface area contributed by atoms with E-state index in [4.69, 9.17) is 25.9 Å². The summed E-state index contributed by atoms with van der Waals surface area (Å²) in [6.45, 7) is 2.62. The summed E-state index contributed by atoms with van der Waals surface area (Å²) in [6, 6.07) is 13.9. The Bertz CT molecular complexity index is 794. The summed E-state index contributed by atoms with van der Waals surface area (Å²) in [5.74, 6) is 0.861. The van der Waals surface area contributed by atoms with Gasteiger partial charge in [-0.15, -0.1) is 0 Å². The fourth-order valence-electron chi connectivity index (χ4n) is 3.39. The molecule has 6 heteroatoms. The number of halogens is 1. The van der Waals surface area contributed by atoms with E-state index in [1.807, 2.05) is 43.3 Å². The van der Waals surface area contributed by atoms with Gasteiger partial charge < -0.3 is 19.4 Å². The molecular weight excluding hydrogens is 378 g/mol. The Morgan fingerprint density at radius 3 is 2.71 bits per heavy atom. The summed E-state index contributed by atoms with van der Waals surface area (Å²) >= 11 is 6.44. The minimum Gasteiger partial charge on any atom is -0.494 e. The molecule has 1 N–H and O–H groups in total. The van der Waals surface area contributed by atoms with Crippen molar-refractivity contribution < 1.29 is 19.4 Å². The van der Waals surface area contributed by atoms with Crippen LogP contribution >= 0.6 is 11.6 Å². The molecule has 3 unspecified atom stereocenters. The summed E-state index contributed by atoms with van der Waals surface area (Å²) in [7, 11) is 1.49. The maximum absolute atomic E-state index is 10.2. The Labute approximate surface area is 170 Å². The maximum Gasteiger partial charge on any atom is 0.119 e. The molecule has 2 aromatic carbocycles. The molecule has 1 aliphatic rings. The van der Waals surface area contributed by atoms with Crippen LogP contribution in [0.2, 0.25) is 5.02 Å². The van der Waals surface area contributed by atoms with E-state index in [0.717, 1.165) is 22.4 Å². The van der Waals surface area contributed by atoms with E-state index in [1.165, 1.54) is 7.11 Å². The van der Waals surface area contributed by atoms with Crippen molar-refractivity contribution in [3.63, 3.8) is 0 Å². The van der Waals surface area contributed by atoms with Crippen molar-refractivity contribution in [2.45, 2.75) is 44.5 Å². The third-order valence-corrected chi connectivity index (χ3v) is 5.10. The van der Waals surface area contributed by atoms with Crippen LogP contribution < -0.4 is 4.74 Å². The number of oxime groups is 1. The van der Waals surface area contributed by atoms with Gasteiger partial charge >= 0.3 is 0 Å². The molecule has 0 aromatic heterocycles. The van der Waals surface area contributed by atoms with Crippen LogP contribution in [-0.2, 0) is 16.0 Å². The smallest absolute Gasteiger partial charge is 0.119 e. The fourth-order valence-corrected chi connectivity index (χ4v) is 3.58. The normalized spacial score (nSPS) is 22.4. The van der Waals surface area contributed by atoms with Crippen molar-refractivity contribution in [1.29, 1.82) is 0 Å². The predicted octanol–water partition coefficient (Wildman–Crippen LogP) is 4.54. The lowest BCUT2D eigenvalue weighted by Crippen LogP contribution is -2.32. The molecule has 0 bridgehead atoms. The van der Waals surface area contributed by atoms with E-state index in [0.29, 0.717) is 30.9 Å². The van der Waals surface area contributed by atoms with E-state index < -0.39 is 6.10 Å². The quantitative estimate of drug-likeness (QED) is 0.544. The number of rotatable bonds is 7. The average Bonchev–Trinajstić information content (AvgIpc) is 2.69. The first kappa shape index (κ1) is 20.6. The zero-order valence-electron chi connectivity index (χ0n) is 16.2. The first-order valence-electron chi connectivity index (χ1n) is 9.49. The fraction of sp³-hybridized carbons (Fsp3) is 0.409. The van der Waals surface area contributed by atoms with Crippen LogP contribution in [0.15, 0.2) is 47.6 Å². The SMILES string of the molecule is CCOc1ccc(Cc2cc(C3CC(O)CC(/C=N/OC)O3)ccc2Cl)cc1. The number of hydrogen-bond donors (Lipinski definition) is 1. The van der Waals surface area contributed by atoms with E-state index in [-0.39, 0.29) is 12.2 Å². The molecule has 0 saturated carbocycles. The molecule has 0 amide bonds. The molecule has 2 aromatic rings. The second kappa shape index (κ2) is 9.92. The average molecular weight is 404 g/mol. The minimum absolute atomic E-state index is 0.214. The van der Waals surface area contributed by atoms with Crippen LogP contribution in [0.25, 0.3) is 0 Å². The second-order valence-electron chi connectivity index (χ2n) is 6.83. The molecule has 1 fully saturated rings. The summed E-state index contributed by atoms with van der Waals surface area (Å²) < 4.78 is 11.6. The van der Waals surface area contributed by atoms with Crippen LogP contribution in [0, 0.1) is 0 Å². The highest BCUT2D eigenvalue weighted by atomic mass is 35.5. The molecule has 5 nitrogen and oxygen atoms in total. The second-order valence-corrected chi connectivity index (χ2v) is 7.24. The predicted molar refractivity (Wildman–Crippen MR) is 110 cm³/mol. The van der Waals surface area contributed by atoms with Gasteiger partial charge in [-0.2, -0.15) is 0 Å². The highest BCUT2D eigenvalue weighted by Gasteiger charge is 2.29. The standard InChI is InChI=1S/C22H26ClNO4/c1-3-27-19-7-4-15(5-8-19)10-17-11-16(6-9-21(17)23)22-13-18(25)12-20(28-22)14-24-26-2/h4-9,11,14,18,20,22,25H,3,10,12-13H2,1-2H3/b24-14+. The number of benzene rings is 2. The van der Waals surface area contributed by atoms with Crippen molar-refractivity contribution in [2.24, 2.45) is 5.16 Å². The summed E-state index contributed by atoms with van der Waals surface area (Å²) in [5.41, 5.74) is 3.17. The minimum atomic E-state index is -0.447. The van der Waals surface area contributed by atoms with Gasteiger partial charge in [-0.1, -0.05) is 41.0 Å². The van der Waals surface area contributed by atoms with Gasteiger partial charge in [0.05, 0.1) is 31.1 Å². The van der Waals surface area contributed by atoms with Crippen molar-refractivity contribution in [3.05, 3.63) is 64.2 Å². The molecule has 0 aliphatic carbocycles. The van der Waals surface area contributed by atoms with Crippen LogP contribution in [0.3, 0.4) is 0 Å². The molecule has 3 rings (SSSR count). The zero-order chi connectivity index (χ0) is 19.9. The van der Waals surface area contributed by atoms with E-state index in [1.54, 1.807) is 6.21 Å². The molecule has 150 valence electrons. The van der Waals surface area contributed by atoms with Gasteiger partial charge in [0.15, 0.2) is 0 Å². The summed E-state index contributed by atoms with van der Waals surface area (Å²) in [5, 5.41) is 14.7. The summed E-state index contributed by atoms with van der Waals surface area (Å²) in [6.07, 6.45) is 2.41. The highest BCUT2D eigenvalue weighted by molar-refractivity contribution is 6.31. The number of ether oxygens (including phenoxy) is 2. The highest BCUT2D eigenvalue weighted by Crippen LogP contribution is 2.33. The lowest BCUT2D eigenvalue weighted by atomic mass is 9.94. The number of aliphatic hydroxyl groups excluding tert-OH is 1. The van der Waals surface area contributed by atoms with Crippen molar-refractivity contribution in [3.8, 4) is 5.75 Å². The Morgan fingerprint density at radius 2 is 2.00 bits per heavy atom. The summed E-state index contributed by atoms with van der Waals surface area (Å²) in [4.78, 5) is 4.73.